The fourth-order valence-electron chi connectivity index (χ4n) is 1.78. The number of rotatable bonds is 5. The fourth-order valence-corrected chi connectivity index (χ4v) is 1.78. The van der Waals surface area contributed by atoms with Crippen LogP contribution >= 0.6 is 0 Å². The van der Waals surface area contributed by atoms with Crippen LogP contribution in [0.3, 0.4) is 0 Å². The molecule has 0 fully saturated rings. The molecule has 0 saturated carbocycles. The molecule has 0 saturated heterocycles. The smallest absolute Gasteiger partial charge is 0.346 e. The lowest BCUT2D eigenvalue weighted by atomic mass is 10.2. The highest BCUT2D eigenvalue weighted by Gasteiger charge is 2.22. The van der Waals surface area contributed by atoms with Crippen LogP contribution in [-0.2, 0) is 16.6 Å². The maximum Gasteiger partial charge on any atom is 0.346 e. The van der Waals surface area contributed by atoms with Gasteiger partial charge in [-0.15, -0.1) is 5.10 Å². The summed E-state index contributed by atoms with van der Waals surface area (Å²) >= 11 is 0. The summed E-state index contributed by atoms with van der Waals surface area (Å²) < 4.78 is 11.2. The van der Waals surface area contributed by atoms with Gasteiger partial charge in [-0.3, -0.25) is 10.1 Å². The van der Waals surface area contributed by atoms with Crippen molar-refractivity contribution in [1.29, 1.82) is 0 Å². The van der Waals surface area contributed by atoms with Crippen molar-refractivity contribution in [3.05, 3.63) is 34.4 Å². The van der Waals surface area contributed by atoms with E-state index in [4.69, 9.17) is 4.74 Å². The summed E-state index contributed by atoms with van der Waals surface area (Å²) in [6.45, 7) is 1.51. The molecule has 0 aliphatic carbocycles. The average Bonchev–Trinajstić information content (AvgIpc) is 2.87. The first-order chi connectivity index (χ1) is 10.4. The summed E-state index contributed by atoms with van der Waals surface area (Å²) in [7, 11) is 2.81. The number of methoxy groups -OCH3 is 1. The molecule has 1 atom stereocenters. The monoisotopic (exact) mass is 306 g/mol. The number of carbonyl (C=O) groups is 1. The summed E-state index contributed by atoms with van der Waals surface area (Å²) in [5.74, 6) is -0.419. The Labute approximate surface area is 125 Å². The Morgan fingerprint density at radius 3 is 2.73 bits per heavy atom. The van der Waals surface area contributed by atoms with Crippen molar-refractivity contribution in [2.75, 3.05) is 7.11 Å². The van der Waals surface area contributed by atoms with E-state index >= 15 is 0 Å². The van der Waals surface area contributed by atoms with Crippen molar-refractivity contribution < 1.29 is 19.2 Å². The predicted molar refractivity (Wildman–Crippen MR) is 75.2 cm³/mol. The van der Waals surface area contributed by atoms with Gasteiger partial charge in [0.25, 0.3) is 5.69 Å². The van der Waals surface area contributed by atoms with Gasteiger partial charge < -0.3 is 9.47 Å². The van der Waals surface area contributed by atoms with E-state index in [0.717, 1.165) is 0 Å². The summed E-state index contributed by atoms with van der Waals surface area (Å²) in [6, 6.07) is 6.17. The van der Waals surface area contributed by atoms with E-state index in [1.807, 2.05) is 0 Å². The second kappa shape index (κ2) is 6.20. The molecule has 22 heavy (non-hydrogen) atoms. The molecule has 1 aromatic carbocycles. The molecular weight excluding hydrogens is 292 g/mol. The Morgan fingerprint density at radius 1 is 1.41 bits per heavy atom. The molecule has 116 valence electrons. The molecule has 0 N–H and O–H groups in total. The van der Waals surface area contributed by atoms with Crippen molar-refractivity contribution >= 4 is 11.7 Å². The maximum absolute atomic E-state index is 11.4. The number of carbonyl (C=O) groups excluding carboxylic acids is 1. The van der Waals surface area contributed by atoms with E-state index in [9.17, 15) is 14.9 Å². The van der Waals surface area contributed by atoms with E-state index in [0.29, 0.717) is 0 Å². The van der Waals surface area contributed by atoms with Crippen LogP contribution in [0.15, 0.2) is 24.3 Å². The van der Waals surface area contributed by atoms with Crippen LogP contribution < -0.4 is 4.74 Å². The second-order valence-electron chi connectivity index (χ2n) is 4.40. The fraction of sp³-hybridized carbons (Fsp3) is 0.308. The summed E-state index contributed by atoms with van der Waals surface area (Å²) in [4.78, 5) is 26.0. The lowest BCUT2D eigenvalue weighted by Gasteiger charge is -2.10. The highest BCUT2D eigenvalue weighted by atomic mass is 16.6. The number of esters is 1. The minimum absolute atomic E-state index is 0.0612. The number of benzene rings is 1. The number of ether oxygens (including phenoxy) is 2. The zero-order valence-electron chi connectivity index (χ0n) is 12.2. The number of hydrogen-bond donors (Lipinski definition) is 0. The molecule has 1 aromatic heterocycles. The Hall–Kier alpha value is -2.97. The topological polar surface area (TPSA) is 109 Å². The SMILES string of the molecule is COC(=O)C(C)Oc1nc(-c2ccccc2[N+](=O)[O-])nn1C. The van der Waals surface area contributed by atoms with Gasteiger partial charge in [0.2, 0.25) is 0 Å². The standard InChI is InChI=1S/C13H14N4O5/c1-8(12(18)21-3)22-13-14-11(15-16(13)2)9-6-4-5-7-10(9)17(19)20/h4-8H,1-3H3. The van der Waals surface area contributed by atoms with Gasteiger partial charge in [0, 0.05) is 13.1 Å². The largest absolute Gasteiger partial charge is 0.466 e. The van der Waals surface area contributed by atoms with Crippen LogP contribution in [0, 0.1) is 10.1 Å². The number of aryl methyl sites for hydroxylation is 1. The van der Waals surface area contributed by atoms with Crippen LogP contribution in [0.4, 0.5) is 5.69 Å². The minimum atomic E-state index is -0.869. The zero-order chi connectivity index (χ0) is 16.3. The molecule has 9 nitrogen and oxygen atoms in total. The summed E-state index contributed by atoms with van der Waals surface area (Å²) in [5, 5.41) is 15.1. The quantitative estimate of drug-likeness (QED) is 0.465. The van der Waals surface area contributed by atoms with Crippen LogP contribution in [0.25, 0.3) is 11.4 Å². The molecule has 9 heteroatoms. The molecule has 2 aromatic rings. The molecule has 0 radical (unpaired) electrons. The van der Waals surface area contributed by atoms with Gasteiger partial charge in [0.05, 0.1) is 17.6 Å². The molecule has 0 bridgehead atoms. The van der Waals surface area contributed by atoms with Gasteiger partial charge in [-0.2, -0.15) is 4.98 Å². The van der Waals surface area contributed by atoms with Gasteiger partial charge >= 0.3 is 12.0 Å². The lowest BCUT2D eigenvalue weighted by Crippen LogP contribution is -2.26. The van der Waals surface area contributed by atoms with Crippen molar-refractivity contribution in [2.45, 2.75) is 13.0 Å². The highest BCUT2D eigenvalue weighted by Crippen LogP contribution is 2.28. The average molecular weight is 306 g/mol. The van der Waals surface area contributed by atoms with E-state index < -0.39 is 17.0 Å². The molecule has 1 heterocycles. The lowest BCUT2D eigenvalue weighted by molar-refractivity contribution is -0.384. The number of nitro benzene ring substituents is 1. The molecule has 0 amide bonds. The Bertz CT molecular complexity index is 712. The first-order valence-electron chi connectivity index (χ1n) is 6.33. The third-order valence-corrected chi connectivity index (χ3v) is 2.88. The summed E-state index contributed by atoms with van der Waals surface area (Å²) in [5.41, 5.74) is 0.157. The zero-order valence-corrected chi connectivity index (χ0v) is 12.2. The van der Waals surface area contributed by atoms with Crippen LogP contribution in [0.1, 0.15) is 6.92 Å². The minimum Gasteiger partial charge on any atom is -0.466 e. The number of para-hydroxylation sites is 1. The molecule has 1 unspecified atom stereocenters. The van der Waals surface area contributed by atoms with Crippen molar-refractivity contribution in [3.63, 3.8) is 0 Å². The highest BCUT2D eigenvalue weighted by molar-refractivity contribution is 5.74. The van der Waals surface area contributed by atoms with Gasteiger partial charge in [-0.1, -0.05) is 12.1 Å². The second-order valence-corrected chi connectivity index (χ2v) is 4.40. The van der Waals surface area contributed by atoms with Gasteiger partial charge in [-0.05, 0) is 13.0 Å². The normalized spacial score (nSPS) is 11.8. The van der Waals surface area contributed by atoms with E-state index in [2.05, 4.69) is 14.8 Å². The first kappa shape index (κ1) is 15.4. The van der Waals surface area contributed by atoms with Crippen LogP contribution in [-0.4, -0.2) is 38.9 Å². The van der Waals surface area contributed by atoms with E-state index in [1.165, 1.54) is 24.8 Å². The number of hydrogen-bond acceptors (Lipinski definition) is 7. The van der Waals surface area contributed by atoms with Gasteiger partial charge in [0.15, 0.2) is 11.9 Å². The van der Waals surface area contributed by atoms with Gasteiger partial charge in [0.1, 0.15) is 0 Å². The third-order valence-electron chi connectivity index (χ3n) is 2.88. The Balaban J connectivity index is 2.34. The molecule has 2 rings (SSSR count). The summed E-state index contributed by atoms with van der Waals surface area (Å²) in [6.07, 6.45) is -0.869. The number of aromatic nitrogens is 3. The van der Waals surface area contributed by atoms with Crippen LogP contribution in [0.5, 0.6) is 6.01 Å². The predicted octanol–water partition coefficient (Wildman–Crippen LogP) is 1.33. The van der Waals surface area contributed by atoms with E-state index in [1.54, 1.807) is 25.2 Å². The Kier molecular flexibility index (Phi) is 4.35. The van der Waals surface area contributed by atoms with Crippen molar-refractivity contribution in [1.82, 2.24) is 14.8 Å². The van der Waals surface area contributed by atoms with Crippen molar-refractivity contribution in [3.8, 4) is 17.4 Å². The van der Waals surface area contributed by atoms with Gasteiger partial charge in [-0.25, -0.2) is 9.48 Å². The molecule has 0 aliphatic heterocycles. The molecule has 0 spiro atoms. The molecular formula is C13H14N4O5. The Morgan fingerprint density at radius 2 is 2.09 bits per heavy atom. The first-order valence-corrected chi connectivity index (χ1v) is 6.33. The maximum atomic E-state index is 11.4. The third kappa shape index (κ3) is 3.03. The van der Waals surface area contributed by atoms with Crippen molar-refractivity contribution in [2.24, 2.45) is 7.05 Å². The number of nitrogens with zero attached hydrogens (tertiary/aromatic N) is 4. The van der Waals surface area contributed by atoms with Crippen LogP contribution in [0.2, 0.25) is 0 Å². The van der Waals surface area contributed by atoms with E-state index in [-0.39, 0.29) is 23.1 Å². The molecule has 0 aliphatic rings. The number of nitro groups is 1.